The highest BCUT2D eigenvalue weighted by atomic mass is 32.1. The second-order valence-corrected chi connectivity index (χ2v) is 8.17. The minimum absolute atomic E-state index is 0.610. The smallest absolute Gasteiger partial charge is 0.194 e. The van der Waals surface area contributed by atoms with Crippen LogP contribution in [0.3, 0.4) is 0 Å². The molecule has 25 heavy (non-hydrogen) atoms. The summed E-state index contributed by atoms with van der Waals surface area (Å²) in [5.41, 5.74) is 2.60. The number of nitrogens with zero attached hydrogens (tertiary/aromatic N) is 3. The molecule has 0 saturated carbocycles. The van der Waals surface area contributed by atoms with Gasteiger partial charge < -0.3 is 10.2 Å². The zero-order valence-corrected chi connectivity index (χ0v) is 16.4. The van der Waals surface area contributed by atoms with Gasteiger partial charge in [-0.3, -0.25) is 4.99 Å². The maximum absolute atomic E-state index is 4.61. The van der Waals surface area contributed by atoms with E-state index in [0.717, 1.165) is 36.3 Å². The number of hydrogen-bond acceptors (Lipinski definition) is 3. The molecular formula is C20H28N4S. The van der Waals surface area contributed by atoms with Crippen molar-refractivity contribution in [2.45, 2.75) is 39.7 Å². The van der Waals surface area contributed by atoms with Crippen LogP contribution in [0.4, 0.5) is 0 Å². The van der Waals surface area contributed by atoms with Gasteiger partial charge in [-0.1, -0.05) is 37.3 Å². The second-order valence-electron chi connectivity index (χ2n) is 6.88. The van der Waals surface area contributed by atoms with E-state index in [0.29, 0.717) is 11.8 Å². The summed E-state index contributed by atoms with van der Waals surface area (Å²) in [6.45, 7) is 9.37. The third-order valence-corrected chi connectivity index (χ3v) is 6.19. The first kappa shape index (κ1) is 17.9. The molecule has 1 aromatic carbocycles. The number of hydrogen-bond donors (Lipinski definition) is 1. The number of guanidine groups is 1. The van der Waals surface area contributed by atoms with E-state index in [1.54, 1.807) is 11.3 Å². The Morgan fingerprint density at radius 3 is 2.68 bits per heavy atom. The van der Waals surface area contributed by atoms with Crippen molar-refractivity contribution in [1.82, 2.24) is 15.2 Å². The SMILES string of the molecule is CN=C(NCc1nc(C)c(C)s1)N1CCC(c2ccccc2)C(C)C1. The van der Waals surface area contributed by atoms with Crippen LogP contribution in [0.2, 0.25) is 0 Å². The molecule has 3 rings (SSSR count). The molecule has 1 aromatic heterocycles. The molecular weight excluding hydrogens is 328 g/mol. The van der Waals surface area contributed by atoms with Gasteiger partial charge in [0.05, 0.1) is 12.2 Å². The number of benzene rings is 1. The number of likely N-dealkylation sites (tertiary alicyclic amines) is 1. The summed E-state index contributed by atoms with van der Waals surface area (Å²) < 4.78 is 0. The molecule has 5 heteroatoms. The average Bonchev–Trinajstić information content (AvgIpc) is 2.94. The van der Waals surface area contributed by atoms with Crippen LogP contribution in [-0.4, -0.2) is 36.0 Å². The van der Waals surface area contributed by atoms with Crippen molar-refractivity contribution < 1.29 is 0 Å². The Bertz CT molecular complexity index is 703. The number of nitrogens with one attached hydrogen (secondary N) is 1. The lowest BCUT2D eigenvalue weighted by molar-refractivity contribution is 0.234. The van der Waals surface area contributed by atoms with Gasteiger partial charge in [-0.15, -0.1) is 11.3 Å². The van der Waals surface area contributed by atoms with Crippen LogP contribution in [0.1, 0.15) is 40.4 Å². The van der Waals surface area contributed by atoms with Crippen molar-refractivity contribution in [2.75, 3.05) is 20.1 Å². The van der Waals surface area contributed by atoms with Gasteiger partial charge in [0.1, 0.15) is 5.01 Å². The molecule has 2 aromatic rings. The Morgan fingerprint density at radius 2 is 2.08 bits per heavy atom. The highest BCUT2D eigenvalue weighted by molar-refractivity contribution is 7.11. The van der Waals surface area contributed by atoms with Crippen LogP contribution in [0.5, 0.6) is 0 Å². The summed E-state index contributed by atoms with van der Waals surface area (Å²) in [7, 11) is 1.87. The van der Waals surface area contributed by atoms with E-state index >= 15 is 0 Å². The maximum atomic E-state index is 4.61. The van der Waals surface area contributed by atoms with Crippen LogP contribution in [0.15, 0.2) is 35.3 Å². The molecule has 2 atom stereocenters. The summed E-state index contributed by atoms with van der Waals surface area (Å²) in [5, 5.41) is 4.62. The standard InChI is InChI=1S/C20H28N4S/c1-14-13-24(11-10-18(14)17-8-6-5-7-9-17)20(21-4)22-12-19-23-15(2)16(3)25-19/h5-9,14,18H,10-13H2,1-4H3,(H,21,22). The van der Waals surface area contributed by atoms with Crippen molar-refractivity contribution in [3.8, 4) is 0 Å². The summed E-state index contributed by atoms with van der Waals surface area (Å²) in [6.07, 6.45) is 1.17. The lowest BCUT2D eigenvalue weighted by Crippen LogP contribution is -2.47. The Labute approximate surface area is 155 Å². The molecule has 1 aliphatic rings. The molecule has 1 aliphatic heterocycles. The third kappa shape index (κ3) is 4.21. The zero-order chi connectivity index (χ0) is 17.8. The molecule has 0 amide bonds. The number of thiazole rings is 1. The summed E-state index contributed by atoms with van der Waals surface area (Å²) in [6, 6.07) is 10.9. The van der Waals surface area contributed by atoms with Crippen molar-refractivity contribution >= 4 is 17.3 Å². The lowest BCUT2D eigenvalue weighted by atomic mass is 9.82. The zero-order valence-electron chi connectivity index (χ0n) is 15.6. The van der Waals surface area contributed by atoms with E-state index in [1.165, 1.54) is 16.9 Å². The molecule has 134 valence electrons. The van der Waals surface area contributed by atoms with E-state index in [1.807, 2.05) is 7.05 Å². The number of aliphatic imine (C=N–C) groups is 1. The number of aromatic nitrogens is 1. The maximum Gasteiger partial charge on any atom is 0.194 e. The monoisotopic (exact) mass is 356 g/mol. The predicted molar refractivity (Wildman–Crippen MR) is 106 cm³/mol. The molecule has 2 heterocycles. The Hall–Kier alpha value is -1.88. The molecule has 0 spiro atoms. The van der Waals surface area contributed by atoms with Gasteiger partial charge in [-0.2, -0.15) is 0 Å². The molecule has 0 radical (unpaired) electrons. The van der Waals surface area contributed by atoms with Gasteiger partial charge in [0.15, 0.2) is 5.96 Å². The van der Waals surface area contributed by atoms with Crippen LogP contribution >= 0.6 is 11.3 Å². The number of piperidine rings is 1. The van der Waals surface area contributed by atoms with Crippen LogP contribution < -0.4 is 5.32 Å². The van der Waals surface area contributed by atoms with Crippen LogP contribution in [-0.2, 0) is 6.54 Å². The minimum Gasteiger partial charge on any atom is -0.350 e. The highest BCUT2D eigenvalue weighted by Gasteiger charge is 2.28. The largest absolute Gasteiger partial charge is 0.350 e. The van der Waals surface area contributed by atoms with Crippen molar-refractivity contribution in [3.63, 3.8) is 0 Å². The summed E-state index contributed by atoms with van der Waals surface area (Å²) >= 11 is 1.76. The van der Waals surface area contributed by atoms with E-state index in [2.05, 4.69) is 71.3 Å². The van der Waals surface area contributed by atoms with Gasteiger partial charge in [-0.25, -0.2) is 4.98 Å². The topological polar surface area (TPSA) is 40.5 Å². The second kappa shape index (κ2) is 8.00. The quantitative estimate of drug-likeness (QED) is 0.668. The van der Waals surface area contributed by atoms with Crippen molar-refractivity contribution in [1.29, 1.82) is 0 Å². The van der Waals surface area contributed by atoms with Gasteiger partial charge in [0, 0.05) is 25.0 Å². The highest BCUT2D eigenvalue weighted by Crippen LogP contribution is 2.32. The fraction of sp³-hybridized carbons (Fsp3) is 0.500. The molecule has 1 saturated heterocycles. The fourth-order valence-corrected chi connectivity index (χ4v) is 4.51. The molecule has 0 aliphatic carbocycles. The van der Waals surface area contributed by atoms with Gasteiger partial charge >= 0.3 is 0 Å². The predicted octanol–water partition coefficient (Wildman–Crippen LogP) is 3.96. The molecule has 1 N–H and O–H groups in total. The molecule has 4 nitrogen and oxygen atoms in total. The minimum atomic E-state index is 0.610. The normalized spacial score (nSPS) is 21.4. The summed E-state index contributed by atoms with van der Waals surface area (Å²) in [5.74, 6) is 2.24. The van der Waals surface area contributed by atoms with Gasteiger partial charge in [0.2, 0.25) is 0 Å². The summed E-state index contributed by atoms with van der Waals surface area (Å²) in [4.78, 5) is 12.8. The van der Waals surface area contributed by atoms with Crippen LogP contribution in [0.25, 0.3) is 0 Å². The molecule has 0 bridgehead atoms. The van der Waals surface area contributed by atoms with E-state index in [4.69, 9.17) is 0 Å². The fourth-order valence-electron chi connectivity index (χ4n) is 3.64. The first-order chi connectivity index (χ1) is 12.1. The van der Waals surface area contributed by atoms with E-state index in [9.17, 15) is 0 Å². The Balaban J connectivity index is 1.59. The third-order valence-electron chi connectivity index (χ3n) is 5.11. The van der Waals surface area contributed by atoms with Crippen molar-refractivity contribution in [2.24, 2.45) is 10.9 Å². The Kier molecular flexibility index (Phi) is 5.74. The van der Waals surface area contributed by atoms with Gasteiger partial charge in [0.25, 0.3) is 0 Å². The van der Waals surface area contributed by atoms with Crippen molar-refractivity contribution in [3.05, 3.63) is 51.5 Å². The van der Waals surface area contributed by atoms with E-state index in [-0.39, 0.29) is 0 Å². The van der Waals surface area contributed by atoms with E-state index < -0.39 is 0 Å². The number of aryl methyl sites for hydroxylation is 2. The molecule has 2 unspecified atom stereocenters. The lowest BCUT2D eigenvalue weighted by Gasteiger charge is -2.38. The first-order valence-corrected chi connectivity index (χ1v) is 9.83. The first-order valence-electron chi connectivity index (χ1n) is 9.02. The van der Waals surface area contributed by atoms with Crippen LogP contribution in [0, 0.1) is 19.8 Å². The number of rotatable bonds is 3. The average molecular weight is 357 g/mol. The van der Waals surface area contributed by atoms with Gasteiger partial charge in [-0.05, 0) is 37.7 Å². The Morgan fingerprint density at radius 1 is 1.32 bits per heavy atom. The molecule has 1 fully saturated rings.